The first kappa shape index (κ1) is 23.2. The summed E-state index contributed by atoms with van der Waals surface area (Å²) in [5.74, 6) is -1.59. The minimum Gasteiger partial charge on any atom is -0.497 e. The van der Waals surface area contributed by atoms with Crippen LogP contribution in [0.5, 0.6) is 11.5 Å². The Balaban J connectivity index is 2.43. The highest BCUT2D eigenvalue weighted by Crippen LogP contribution is 2.36. The SMILES string of the molecule is COC(=O)c1ccc(-c2cc(OC)cc(OC(C)(C)C(=O)OC(C)(C)C)c2F)cc1. The predicted molar refractivity (Wildman–Crippen MR) is 110 cm³/mol. The average Bonchev–Trinajstić information content (AvgIpc) is 2.67. The lowest BCUT2D eigenvalue weighted by Gasteiger charge is -2.29. The Morgan fingerprint density at radius 2 is 1.53 bits per heavy atom. The van der Waals surface area contributed by atoms with Crippen molar-refractivity contribution in [3.63, 3.8) is 0 Å². The number of carbonyl (C=O) groups excluding carboxylic acids is 2. The van der Waals surface area contributed by atoms with E-state index in [1.165, 1.54) is 52.3 Å². The van der Waals surface area contributed by atoms with E-state index in [1.54, 1.807) is 32.9 Å². The van der Waals surface area contributed by atoms with E-state index >= 15 is 4.39 Å². The van der Waals surface area contributed by atoms with Crippen LogP contribution < -0.4 is 9.47 Å². The van der Waals surface area contributed by atoms with Gasteiger partial charge in [-0.3, -0.25) is 0 Å². The zero-order valence-corrected chi connectivity index (χ0v) is 18.3. The number of carbonyl (C=O) groups is 2. The number of halogens is 1. The van der Waals surface area contributed by atoms with Gasteiger partial charge < -0.3 is 18.9 Å². The molecule has 0 N–H and O–H groups in total. The van der Waals surface area contributed by atoms with Crippen LogP contribution in [0, 0.1) is 5.82 Å². The van der Waals surface area contributed by atoms with Gasteiger partial charge in [-0.1, -0.05) is 12.1 Å². The summed E-state index contributed by atoms with van der Waals surface area (Å²) in [6.45, 7) is 8.23. The first-order valence-corrected chi connectivity index (χ1v) is 9.36. The van der Waals surface area contributed by atoms with Gasteiger partial charge in [-0.25, -0.2) is 14.0 Å². The van der Waals surface area contributed by atoms with Crippen molar-refractivity contribution in [3.05, 3.63) is 47.8 Å². The molecule has 0 aliphatic heterocycles. The molecule has 7 heteroatoms. The van der Waals surface area contributed by atoms with Crippen molar-refractivity contribution in [1.29, 1.82) is 0 Å². The molecule has 0 unspecified atom stereocenters. The number of hydrogen-bond donors (Lipinski definition) is 0. The van der Waals surface area contributed by atoms with Gasteiger partial charge in [0.25, 0.3) is 0 Å². The van der Waals surface area contributed by atoms with Crippen molar-refractivity contribution >= 4 is 11.9 Å². The summed E-state index contributed by atoms with van der Waals surface area (Å²) in [4.78, 5) is 24.1. The summed E-state index contributed by atoms with van der Waals surface area (Å²) in [6, 6.07) is 9.12. The van der Waals surface area contributed by atoms with Crippen molar-refractivity contribution in [1.82, 2.24) is 0 Å². The Labute approximate surface area is 175 Å². The molecule has 0 saturated carbocycles. The molecule has 0 aliphatic carbocycles. The second-order valence-electron chi connectivity index (χ2n) is 8.17. The molecule has 0 atom stereocenters. The van der Waals surface area contributed by atoms with Crippen molar-refractivity contribution in [2.24, 2.45) is 0 Å². The minimum atomic E-state index is -1.44. The zero-order valence-electron chi connectivity index (χ0n) is 18.3. The lowest BCUT2D eigenvalue weighted by atomic mass is 10.0. The van der Waals surface area contributed by atoms with Crippen molar-refractivity contribution in [3.8, 4) is 22.6 Å². The molecule has 0 amide bonds. The topological polar surface area (TPSA) is 71.1 Å². The van der Waals surface area contributed by atoms with Crippen molar-refractivity contribution in [2.45, 2.75) is 45.8 Å². The van der Waals surface area contributed by atoms with Gasteiger partial charge in [0, 0.05) is 11.6 Å². The van der Waals surface area contributed by atoms with Gasteiger partial charge in [0.1, 0.15) is 11.4 Å². The van der Waals surface area contributed by atoms with Gasteiger partial charge in [0.15, 0.2) is 17.2 Å². The van der Waals surface area contributed by atoms with Crippen molar-refractivity contribution < 1.29 is 32.9 Å². The van der Waals surface area contributed by atoms with E-state index in [-0.39, 0.29) is 11.3 Å². The van der Waals surface area contributed by atoms with Crippen LogP contribution in [0.3, 0.4) is 0 Å². The number of rotatable bonds is 6. The first-order valence-electron chi connectivity index (χ1n) is 9.36. The second-order valence-corrected chi connectivity index (χ2v) is 8.17. The minimum absolute atomic E-state index is 0.155. The fraction of sp³-hybridized carbons (Fsp3) is 0.391. The smallest absolute Gasteiger partial charge is 0.350 e. The normalized spacial score (nSPS) is 11.6. The van der Waals surface area contributed by atoms with E-state index in [1.807, 2.05) is 0 Å². The van der Waals surface area contributed by atoms with E-state index in [9.17, 15) is 9.59 Å². The largest absolute Gasteiger partial charge is 0.497 e. The van der Waals surface area contributed by atoms with Crippen LogP contribution in [0.2, 0.25) is 0 Å². The van der Waals surface area contributed by atoms with Crippen LogP contribution >= 0.6 is 0 Å². The molecule has 0 aliphatic rings. The maximum Gasteiger partial charge on any atom is 0.350 e. The predicted octanol–water partition coefficient (Wildman–Crippen LogP) is 4.79. The molecule has 162 valence electrons. The van der Waals surface area contributed by atoms with E-state index in [2.05, 4.69) is 4.74 Å². The molecule has 0 spiro atoms. The number of methoxy groups -OCH3 is 2. The van der Waals surface area contributed by atoms with Crippen LogP contribution in [0.15, 0.2) is 36.4 Å². The molecule has 6 nitrogen and oxygen atoms in total. The zero-order chi connectivity index (χ0) is 22.7. The molecule has 30 heavy (non-hydrogen) atoms. The maximum absolute atomic E-state index is 15.3. The van der Waals surface area contributed by atoms with Crippen molar-refractivity contribution in [2.75, 3.05) is 14.2 Å². The highest BCUT2D eigenvalue weighted by molar-refractivity contribution is 5.90. The Kier molecular flexibility index (Phi) is 6.75. The third-order valence-electron chi connectivity index (χ3n) is 4.12. The highest BCUT2D eigenvalue weighted by Gasteiger charge is 2.36. The lowest BCUT2D eigenvalue weighted by molar-refractivity contribution is -0.171. The number of hydrogen-bond acceptors (Lipinski definition) is 6. The molecule has 0 saturated heterocycles. The summed E-state index contributed by atoms with van der Waals surface area (Å²) in [6.07, 6.45) is 0. The third-order valence-corrected chi connectivity index (χ3v) is 4.12. The fourth-order valence-electron chi connectivity index (χ4n) is 2.60. The van der Waals surface area contributed by atoms with Gasteiger partial charge in [0.2, 0.25) is 0 Å². The second kappa shape index (κ2) is 8.73. The standard InChI is InChI=1S/C23H27FO6/c1-22(2,3)30-21(26)23(4,5)29-18-13-16(27-6)12-17(19(18)24)14-8-10-15(11-9-14)20(25)28-7/h8-13H,1-7H3. The van der Waals surface area contributed by atoms with Gasteiger partial charge in [-0.05, 0) is 58.4 Å². The van der Waals surface area contributed by atoms with Crippen LogP contribution in [-0.4, -0.2) is 37.4 Å². The van der Waals surface area contributed by atoms with E-state index in [0.29, 0.717) is 16.9 Å². The summed E-state index contributed by atoms with van der Waals surface area (Å²) in [7, 11) is 2.73. The number of ether oxygens (including phenoxy) is 4. The molecule has 2 aromatic rings. The molecule has 0 radical (unpaired) electrons. The summed E-state index contributed by atoms with van der Waals surface area (Å²) in [5.41, 5.74) is -1.12. The quantitative estimate of drug-likeness (QED) is 0.629. The van der Waals surface area contributed by atoms with Gasteiger partial charge in [-0.15, -0.1) is 0 Å². The molecule has 0 fully saturated rings. The number of esters is 2. The van der Waals surface area contributed by atoms with Gasteiger partial charge in [-0.2, -0.15) is 0 Å². The lowest BCUT2D eigenvalue weighted by Crippen LogP contribution is -2.43. The number of benzene rings is 2. The van der Waals surface area contributed by atoms with E-state index < -0.39 is 29.0 Å². The highest BCUT2D eigenvalue weighted by atomic mass is 19.1. The molecular formula is C23H27FO6. The molecule has 0 bridgehead atoms. The first-order chi connectivity index (χ1) is 13.9. The Bertz CT molecular complexity index is 926. The Hall–Kier alpha value is -3.09. The third kappa shape index (κ3) is 5.49. The fourth-order valence-corrected chi connectivity index (χ4v) is 2.60. The summed E-state index contributed by atoms with van der Waals surface area (Å²) < 4.78 is 36.3. The summed E-state index contributed by atoms with van der Waals surface area (Å²) >= 11 is 0. The monoisotopic (exact) mass is 418 g/mol. The molecule has 0 heterocycles. The van der Waals surface area contributed by atoms with Crippen LogP contribution in [0.25, 0.3) is 11.1 Å². The van der Waals surface area contributed by atoms with Gasteiger partial charge >= 0.3 is 11.9 Å². The average molecular weight is 418 g/mol. The summed E-state index contributed by atoms with van der Waals surface area (Å²) in [5, 5.41) is 0. The van der Waals surface area contributed by atoms with Gasteiger partial charge in [0.05, 0.1) is 19.8 Å². The van der Waals surface area contributed by atoms with Crippen LogP contribution in [-0.2, 0) is 14.3 Å². The van der Waals surface area contributed by atoms with Crippen LogP contribution in [0.4, 0.5) is 4.39 Å². The maximum atomic E-state index is 15.3. The molecule has 2 rings (SSSR count). The molecule has 2 aromatic carbocycles. The van der Waals surface area contributed by atoms with Crippen LogP contribution in [0.1, 0.15) is 45.0 Å². The Morgan fingerprint density at radius 3 is 2.03 bits per heavy atom. The van der Waals surface area contributed by atoms with E-state index in [4.69, 9.17) is 14.2 Å². The Morgan fingerprint density at radius 1 is 0.933 bits per heavy atom. The van der Waals surface area contributed by atoms with E-state index in [0.717, 1.165) is 0 Å². The molecule has 0 aromatic heterocycles. The molecular weight excluding hydrogens is 391 g/mol.